The van der Waals surface area contributed by atoms with Crippen LogP contribution in [0.15, 0.2) is 36.4 Å². The van der Waals surface area contributed by atoms with Gasteiger partial charge in [0.15, 0.2) is 0 Å². The molecule has 7 nitrogen and oxygen atoms in total. The predicted octanol–water partition coefficient (Wildman–Crippen LogP) is 12.8. The van der Waals surface area contributed by atoms with Gasteiger partial charge in [0, 0.05) is 38.4 Å². The number of aromatic nitrogens is 4. The van der Waals surface area contributed by atoms with Gasteiger partial charge in [-0.25, -0.2) is 4.68 Å². The van der Waals surface area contributed by atoms with Crippen molar-refractivity contribution in [2.24, 2.45) is 10.8 Å². The Hall–Kier alpha value is -2.46. The van der Waals surface area contributed by atoms with Crippen LogP contribution in [0.2, 0.25) is 8.67 Å². The van der Waals surface area contributed by atoms with Crippen molar-refractivity contribution >= 4 is 57.8 Å². The van der Waals surface area contributed by atoms with Gasteiger partial charge in [0.2, 0.25) is 0 Å². The number of hydrogen-bond acceptors (Lipinski definition) is 6. The number of carbonyl (C=O) groups excluding carboxylic acids is 1. The molecule has 0 radical (unpaired) electrons. The first-order valence-electron chi connectivity index (χ1n) is 18.5. The van der Waals surface area contributed by atoms with Crippen molar-refractivity contribution in [3.05, 3.63) is 77.6 Å². The Morgan fingerprint density at radius 2 is 1.23 bits per heavy atom. The molecule has 11 heteroatoms. The third kappa shape index (κ3) is 13.7. The smallest absolute Gasteiger partial charge is 0.308 e. The van der Waals surface area contributed by atoms with E-state index >= 15 is 0 Å². The maximum atomic E-state index is 12.9. The van der Waals surface area contributed by atoms with Gasteiger partial charge in [-0.3, -0.25) is 14.7 Å². The summed E-state index contributed by atoms with van der Waals surface area (Å²) in [5, 5.41) is 20.7. The number of H-pyrrole nitrogens is 1. The Bertz CT molecular complexity index is 1680. The second kappa shape index (κ2) is 20.3. The average molecular weight is 792 g/mol. The maximum Gasteiger partial charge on any atom is 0.308 e. The van der Waals surface area contributed by atoms with Crippen LogP contribution in [0.4, 0.5) is 0 Å². The molecule has 0 aliphatic heterocycles. The monoisotopic (exact) mass is 790 g/mol. The lowest BCUT2D eigenvalue weighted by Gasteiger charge is -2.20. The van der Waals surface area contributed by atoms with E-state index in [1.165, 1.54) is 85.4 Å². The largest absolute Gasteiger partial charge is 0.481 e. The van der Waals surface area contributed by atoms with Crippen LogP contribution in [0.1, 0.15) is 162 Å². The van der Waals surface area contributed by atoms with E-state index in [-0.39, 0.29) is 13.3 Å². The van der Waals surface area contributed by atoms with E-state index in [2.05, 4.69) is 34.5 Å². The van der Waals surface area contributed by atoms with Gasteiger partial charge in [0.1, 0.15) is 0 Å². The Balaban J connectivity index is 0.000000239. The van der Waals surface area contributed by atoms with E-state index in [1.807, 2.05) is 32.9 Å². The van der Waals surface area contributed by atoms with Crippen molar-refractivity contribution in [3.8, 4) is 0 Å². The minimum absolute atomic E-state index is 0. The Labute approximate surface area is 329 Å². The molecular weight excluding hydrogens is 732 g/mol. The number of nitrogens with zero attached hydrogens (tertiary/aromatic N) is 3. The van der Waals surface area contributed by atoms with E-state index in [9.17, 15) is 9.59 Å². The fourth-order valence-electron chi connectivity index (χ4n) is 6.31. The minimum Gasteiger partial charge on any atom is -0.481 e. The Morgan fingerprint density at radius 3 is 1.67 bits per heavy atom. The zero-order valence-corrected chi connectivity index (χ0v) is 34.3. The number of carbonyl (C=O) groups is 2. The molecule has 2 aliphatic carbocycles. The summed E-state index contributed by atoms with van der Waals surface area (Å²) in [5.41, 5.74) is 3.65. The molecule has 288 valence electrons. The second-order valence-corrected chi connectivity index (χ2v) is 19.6. The summed E-state index contributed by atoms with van der Waals surface area (Å²) < 4.78 is 3.37. The molecule has 0 unspecified atom stereocenters. The van der Waals surface area contributed by atoms with Gasteiger partial charge < -0.3 is 5.11 Å². The van der Waals surface area contributed by atoms with E-state index in [1.54, 1.807) is 48.1 Å². The van der Waals surface area contributed by atoms with E-state index in [0.717, 1.165) is 45.7 Å². The van der Waals surface area contributed by atoms with Crippen LogP contribution in [0.3, 0.4) is 0 Å². The van der Waals surface area contributed by atoms with Crippen LogP contribution >= 0.6 is 45.9 Å². The summed E-state index contributed by atoms with van der Waals surface area (Å²) in [4.78, 5) is 25.5. The lowest BCUT2D eigenvalue weighted by molar-refractivity contribution is -0.145. The fraction of sp³-hybridized carbons (Fsp3) is 0.610. The van der Waals surface area contributed by atoms with Crippen molar-refractivity contribution in [2.75, 3.05) is 0 Å². The number of rotatable bonds is 8. The third-order valence-corrected chi connectivity index (χ3v) is 12.1. The average Bonchev–Trinajstić information content (AvgIpc) is 3.91. The zero-order valence-electron chi connectivity index (χ0n) is 31.2. The molecule has 0 bridgehead atoms. The highest BCUT2D eigenvalue weighted by molar-refractivity contribution is 7.16. The van der Waals surface area contributed by atoms with Crippen molar-refractivity contribution in [3.63, 3.8) is 0 Å². The van der Waals surface area contributed by atoms with Crippen molar-refractivity contribution < 1.29 is 14.7 Å². The first-order valence-corrected chi connectivity index (χ1v) is 20.9. The number of aryl methyl sites for hydroxylation is 4. The lowest BCUT2D eigenvalue weighted by atomic mass is 9.87. The Morgan fingerprint density at radius 1 is 0.750 bits per heavy atom. The van der Waals surface area contributed by atoms with Crippen LogP contribution in [0.25, 0.3) is 0 Å². The van der Waals surface area contributed by atoms with Crippen LogP contribution in [0.5, 0.6) is 0 Å². The summed E-state index contributed by atoms with van der Waals surface area (Å²) in [7, 11) is 0. The van der Waals surface area contributed by atoms with Gasteiger partial charge in [-0.1, -0.05) is 89.9 Å². The zero-order chi connectivity index (χ0) is 37.2. The molecule has 6 rings (SSSR count). The number of carboxylic acid groups (broad SMARTS) is 1. The number of thiophene rings is 2. The van der Waals surface area contributed by atoms with Gasteiger partial charge in [-0.15, -0.1) is 22.7 Å². The highest BCUT2D eigenvalue weighted by Crippen LogP contribution is 2.34. The molecule has 2 saturated carbocycles. The van der Waals surface area contributed by atoms with E-state index < -0.39 is 16.8 Å². The van der Waals surface area contributed by atoms with E-state index in [0.29, 0.717) is 11.8 Å². The van der Waals surface area contributed by atoms with Gasteiger partial charge in [0.05, 0.1) is 25.5 Å². The molecule has 2 aliphatic rings. The molecule has 0 spiro atoms. The highest BCUT2D eigenvalue weighted by Gasteiger charge is 2.28. The summed E-state index contributed by atoms with van der Waals surface area (Å²) in [6.07, 6.45) is 16.8. The summed E-state index contributed by atoms with van der Waals surface area (Å²) >= 11 is 15.3. The number of carboxylic acids is 1. The molecule has 4 aromatic rings. The van der Waals surface area contributed by atoms with Gasteiger partial charge in [-0.2, -0.15) is 10.2 Å². The van der Waals surface area contributed by atoms with Crippen molar-refractivity contribution in [1.29, 1.82) is 0 Å². The van der Waals surface area contributed by atoms with Gasteiger partial charge in [-0.05, 0) is 109 Å². The molecule has 0 aromatic carbocycles. The van der Waals surface area contributed by atoms with Gasteiger partial charge >= 0.3 is 5.97 Å². The SMILES string of the molecule is C.CC(C)(C)C(=O)O.CC(C)(C)C(=O)n1nc(C2CCCCC2)cc1CCc1ccc(Cl)s1.Clc1ccc(CCc2cc(C3CCCCC3)n[nH]2)s1. The van der Waals surface area contributed by atoms with Crippen molar-refractivity contribution in [1.82, 2.24) is 20.0 Å². The molecular formula is C41H60Cl2N4O3S2. The number of aliphatic carboxylic acids is 1. The predicted molar refractivity (Wildman–Crippen MR) is 220 cm³/mol. The molecule has 52 heavy (non-hydrogen) atoms. The fourth-order valence-corrected chi connectivity index (χ4v) is 8.48. The molecule has 4 aromatic heterocycles. The molecule has 0 amide bonds. The Kier molecular flexibility index (Phi) is 17.1. The number of nitrogens with one attached hydrogen (secondary N) is 1. The quantitative estimate of drug-likeness (QED) is 0.185. The lowest BCUT2D eigenvalue weighted by Crippen LogP contribution is -2.29. The molecule has 2 N–H and O–H groups in total. The highest BCUT2D eigenvalue weighted by atomic mass is 35.5. The summed E-state index contributed by atoms with van der Waals surface area (Å²) in [6.45, 7) is 10.9. The van der Waals surface area contributed by atoms with Crippen LogP contribution in [-0.2, 0) is 30.5 Å². The number of aromatic amines is 1. The maximum absolute atomic E-state index is 12.9. The topological polar surface area (TPSA) is 101 Å². The van der Waals surface area contributed by atoms with E-state index in [4.69, 9.17) is 33.4 Å². The minimum atomic E-state index is -0.757. The van der Waals surface area contributed by atoms with Crippen molar-refractivity contribution in [2.45, 2.75) is 151 Å². The second-order valence-electron chi connectivity index (χ2n) is 16.0. The molecule has 4 heterocycles. The number of hydrogen-bond donors (Lipinski definition) is 2. The van der Waals surface area contributed by atoms with Crippen LogP contribution in [0, 0.1) is 10.8 Å². The first-order chi connectivity index (χ1) is 24.1. The molecule has 2 fully saturated rings. The van der Waals surface area contributed by atoms with Gasteiger partial charge in [0.25, 0.3) is 5.91 Å². The summed E-state index contributed by atoms with van der Waals surface area (Å²) in [5.74, 6) is 0.522. The standard InChI is InChI=1S/C20H27ClN2OS.C15H19ClN2S.C5H10O2.CH4/c1-20(2,3)19(24)23-15(9-10-16-11-12-18(21)25-16)13-17(22-23)14-7-5-4-6-8-14;16-15-9-8-13(19-15)7-6-12-10-14(18-17-12)11-4-2-1-3-5-11;1-5(2,3)4(6)7;/h11-14H,4-10H2,1-3H3;8-11H,1-7H2,(H,17,18);1-3H3,(H,6,7);1H4. The number of halogens is 2. The van der Waals surface area contributed by atoms with Crippen LogP contribution in [-0.4, -0.2) is 37.0 Å². The first kappa shape index (κ1) is 43.9. The molecule has 0 atom stereocenters. The summed E-state index contributed by atoms with van der Waals surface area (Å²) in [6, 6.07) is 12.5. The normalized spacial score (nSPS) is 15.5. The van der Waals surface area contributed by atoms with Crippen LogP contribution < -0.4 is 0 Å². The molecule has 0 saturated heterocycles. The third-order valence-electron chi connectivity index (χ3n) is 9.50.